The maximum atomic E-state index is 13.1. The van der Waals surface area contributed by atoms with Gasteiger partial charge in [0.2, 0.25) is 0 Å². The molecule has 0 bridgehead atoms. The zero-order chi connectivity index (χ0) is 24.9. The molecule has 0 aromatic carbocycles. The second-order valence-corrected chi connectivity index (χ2v) is 10.8. The number of pyridine rings is 1. The Morgan fingerprint density at radius 3 is 2.74 bits per heavy atom. The van der Waals surface area contributed by atoms with Crippen LogP contribution in [0.4, 0.5) is 4.79 Å². The molecule has 1 N–H and O–H groups in total. The van der Waals surface area contributed by atoms with E-state index in [0.717, 1.165) is 11.0 Å². The van der Waals surface area contributed by atoms with E-state index in [1.807, 2.05) is 61.3 Å². The van der Waals surface area contributed by atoms with Crippen LogP contribution in [0.5, 0.6) is 0 Å². The largest absolute Gasteiger partial charge is 0.598 e. The Morgan fingerprint density at radius 2 is 2.06 bits per heavy atom. The van der Waals surface area contributed by atoms with Gasteiger partial charge >= 0.3 is 6.09 Å². The van der Waals surface area contributed by atoms with Crippen molar-refractivity contribution in [3.05, 3.63) is 67.9 Å². The third-order valence-corrected chi connectivity index (χ3v) is 6.68. The molecule has 182 valence electrons. The first-order chi connectivity index (χ1) is 16.2. The van der Waals surface area contributed by atoms with E-state index >= 15 is 0 Å². The van der Waals surface area contributed by atoms with Crippen LogP contribution in [-0.4, -0.2) is 59.1 Å². The highest BCUT2D eigenvalue weighted by molar-refractivity contribution is 7.90. The summed E-state index contributed by atoms with van der Waals surface area (Å²) in [5.74, 6) is 1.24. The van der Waals surface area contributed by atoms with E-state index in [9.17, 15) is 9.35 Å². The van der Waals surface area contributed by atoms with Crippen molar-refractivity contribution in [1.29, 1.82) is 0 Å². The lowest BCUT2D eigenvalue weighted by molar-refractivity contribution is 0.113. The predicted octanol–water partition coefficient (Wildman–Crippen LogP) is 3.66. The molecule has 0 radical (unpaired) electrons. The van der Waals surface area contributed by atoms with E-state index in [4.69, 9.17) is 9.72 Å². The number of nitrogens with one attached hydrogen (secondary N) is 1. The smallest absolute Gasteiger partial charge is 0.410 e. The molecule has 34 heavy (non-hydrogen) atoms. The van der Waals surface area contributed by atoms with Gasteiger partial charge in [-0.05, 0) is 39.0 Å². The summed E-state index contributed by atoms with van der Waals surface area (Å²) in [5.41, 5.74) is 0.834. The number of carbonyl (C=O) groups excluding carboxylic acids is 1. The Labute approximate surface area is 203 Å². The molecule has 9 nitrogen and oxygen atoms in total. The number of rotatable bonds is 10. The highest BCUT2D eigenvalue weighted by Gasteiger charge is 2.33. The zero-order valence-electron chi connectivity index (χ0n) is 20.1. The molecule has 3 aromatic heterocycles. The molecule has 0 aliphatic heterocycles. The van der Waals surface area contributed by atoms with E-state index in [0.29, 0.717) is 11.6 Å². The summed E-state index contributed by atoms with van der Waals surface area (Å²) in [6.45, 7) is 13.5. The van der Waals surface area contributed by atoms with Crippen LogP contribution < -0.4 is 4.72 Å². The van der Waals surface area contributed by atoms with Gasteiger partial charge in [0, 0.05) is 48.9 Å². The second kappa shape index (κ2) is 10.9. The number of aromatic nitrogens is 4. The van der Waals surface area contributed by atoms with Crippen molar-refractivity contribution >= 4 is 28.5 Å². The Morgan fingerprint density at radius 1 is 1.29 bits per heavy atom. The van der Waals surface area contributed by atoms with Gasteiger partial charge in [-0.2, -0.15) is 0 Å². The Balaban J connectivity index is 2.00. The van der Waals surface area contributed by atoms with Crippen LogP contribution in [-0.2, 0) is 23.1 Å². The fourth-order valence-electron chi connectivity index (χ4n) is 3.32. The van der Waals surface area contributed by atoms with Gasteiger partial charge in [-0.1, -0.05) is 18.7 Å². The van der Waals surface area contributed by atoms with Crippen LogP contribution in [0.1, 0.15) is 32.6 Å². The molecule has 0 saturated heterocycles. The lowest BCUT2D eigenvalue weighted by Gasteiger charge is -2.30. The minimum Gasteiger partial charge on any atom is -0.598 e. The molecule has 3 aromatic rings. The molecule has 3 heterocycles. The summed E-state index contributed by atoms with van der Waals surface area (Å²) in [6, 6.07) is 5.33. The first-order valence-electron chi connectivity index (χ1n) is 10.9. The number of ether oxygens (including phenoxy) is 1. The molecule has 0 saturated carbocycles. The molecule has 0 fully saturated rings. The fourth-order valence-corrected chi connectivity index (χ4v) is 4.12. The van der Waals surface area contributed by atoms with Crippen molar-refractivity contribution in [3.63, 3.8) is 0 Å². The number of imidazole rings is 1. The number of carbonyl (C=O) groups is 1. The monoisotopic (exact) mass is 484 g/mol. The van der Waals surface area contributed by atoms with Crippen LogP contribution in [0, 0.1) is 0 Å². The molecule has 0 aliphatic rings. The van der Waals surface area contributed by atoms with Crippen LogP contribution in [0.3, 0.4) is 0 Å². The number of aryl methyl sites for hydroxylation is 1. The van der Waals surface area contributed by atoms with Crippen LogP contribution in [0.2, 0.25) is 0 Å². The van der Waals surface area contributed by atoms with Crippen LogP contribution in [0.15, 0.2) is 62.1 Å². The van der Waals surface area contributed by atoms with Gasteiger partial charge in [-0.15, -0.1) is 11.3 Å². The maximum Gasteiger partial charge on any atom is 0.410 e. The second-order valence-electron chi connectivity index (χ2n) is 8.78. The molecule has 1 unspecified atom stereocenters. The number of fused-ring (bicyclic) bond motifs is 1. The first-order valence-corrected chi connectivity index (χ1v) is 12.1. The van der Waals surface area contributed by atoms with Crippen molar-refractivity contribution in [2.75, 3.05) is 19.7 Å². The highest BCUT2D eigenvalue weighted by atomic mass is 32.2. The van der Waals surface area contributed by atoms with Crippen molar-refractivity contribution in [1.82, 2.24) is 28.7 Å². The minimum atomic E-state index is -1.42. The quantitative estimate of drug-likeness (QED) is 0.348. The first kappa shape index (κ1) is 25.5. The number of nitrogens with zero attached hydrogens (tertiary/aromatic N) is 5. The lowest BCUT2D eigenvalue weighted by Crippen LogP contribution is -2.46. The Bertz CT molecular complexity index is 1150. The topological polar surface area (TPSA) is 100 Å². The van der Waals surface area contributed by atoms with Crippen molar-refractivity contribution in [2.24, 2.45) is 7.05 Å². The van der Waals surface area contributed by atoms with Gasteiger partial charge in [-0.25, -0.2) is 14.8 Å². The fraction of sp³-hybridized carbons (Fsp3) is 0.375. The lowest BCUT2D eigenvalue weighted by atomic mass is 10.2. The minimum absolute atomic E-state index is 0.0910. The molecule has 0 aliphatic carbocycles. The average Bonchev–Trinajstić information content (AvgIpc) is 3.42. The van der Waals surface area contributed by atoms with Gasteiger partial charge in [0.05, 0.1) is 6.54 Å². The van der Waals surface area contributed by atoms with Gasteiger partial charge in [0.25, 0.3) is 0 Å². The van der Waals surface area contributed by atoms with Crippen molar-refractivity contribution in [3.8, 4) is 5.82 Å². The normalized spacial score (nSPS) is 13.4. The van der Waals surface area contributed by atoms with Gasteiger partial charge in [-0.3, -0.25) is 4.57 Å². The summed E-state index contributed by atoms with van der Waals surface area (Å²) in [7, 11) is 1.94. The standard InChI is InChI=1S/C24H32N6O3S/c1-7-13-29(23(31)33-16-8-2)17-19(27-34(32)24(3,4)5)22-25-12-15-30(22)20-10-9-18-11-14-28(6)21(18)26-20/h7-12,14-15,19,27H,1-2,13,16-17H2,3-6H3/t19-,34?/m0/s1. The number of amides is 1. The predicted molar refractivity (Wildman–Crippen MR) is 135 cm³/mol. The zero-order valence-corrected chi connectivity index (χ0v) is 20.9. The summed E-state index contributed by atoms with van der Waals surface area (Å²) in [4.78, 5) is 23.5. The van der Waals surface area contributed by atoms with Crippen molar-refractivity contribution in [2.45, 2.75) is 31.6 Å². The summed E-state index contributed by atoms with van der Waals surface area (Å²) >= 11 is -1.42. The van der Waals surface area contributed by atoms with E-state index in [-0.39, 0.29) is 19.7 Å². The number of hydrogen-bond acceptors (Lipinski definition) is 6. The van der Waals surface area contributed by atoms with E-state index in [2.05, 4.69) is 22.9 Å². The molecule has 2 atom stereocenters. The van der Waals surface area contributed by atoms with Crippen LogP contribution >= 0.6 is 0 Å². The Hall–Kier alpha value is -3.08. The van der Waals surface area contributed by atoms with Crippen molar-refractivity contribution < 1.29 is 14.1 Å². The molecule has 1 amide bonds. The SMILES string of the molecule is C=CCOC(=O)N(CC=C)C[C@H](N[S+]([O-])C(C)(C)C)c1nccn1-c1ccc2ccn(C)c2n1. The van der Waals surface area contributed by atoms with E-state index in [1.54, 1.807) is 18.5 Å². The van der Waals surface area contributed by atoms with E-state index < -0.39 is 28.2 Å². The van der Waals surface area contributed by atoms with Crippen LogP contribution in [0.25, 0.3) is 16.9 Å². The molecule has 0 spiro atoms. The van der Waals surface area contributed by atoms with E-state index in [1.165, 1.54) is 11.0 Å². The van der Waals surface area contributed by atoms with Gasteiger partial charge in [0.15, 0.2) is 0 Å². The molecular weight excluding hydrogens is 452 g/mol. The molecule has 3 rings (SSSR count). The molecule has 10 heteroatoms. The summed E-state index contributed by atoms with van der Waals surface area (Å²) in [6.07, 6.45) is 8.02. The summed E-state index contributed by atoms with van der Waals surface area (Å²) in [5, 5.41) is 1.03. The Kier molecular flexibility index (Phi) is 8.19. The highest BCUT2D eigenvalue weighted by Crippen LogP contribution is 2.23. The molecular formula is C24H32N6O3S. The van der Waals surface area contributed by atoms with Gasteiger partial charge in [0.1, 0.15) is 34.7 Å². The summed E-state index contributed by atoms with van der Waals surface area (Å²) < 4.78 is 24.7. The third-order valence-electron chi connectivity index (χ3n) is 5.07. The number of hydrogen-bond donors (Lipinski definition) is 1. The third kappa shape index (κ3) is 5.88. The average molecular weight is 485 g/mol. The maximum absolute atomic E-state index is 13.1. The van der Waals surface area contributed by atoms with Gasteiger partial charge < -0.3 is 18.8 Å².